The van der Waals surface area contributed by atoms with Crippen LogP contribution >= 0.6 is 0 Å². The molecule has 0 aliphatic carbocycles. The lowest BCUT2D eigenvalue weighted by atomic mass is 10.3. The van der Waals surface area contributed by atoms with Crippen LogP contribution in [0, 0.1) is 0 Å². The van der Waals surface area contributed by atoms with Crippen molar-refractivity contribution in [2.24, 2.45) is 0 Å². The van der Waals surface area contributed by atoms with E-state index in [-0.39, 0.29) is 24.0 Å². The van der Waals surface area contributed by atoms with Crippen molar-refractivity contribution in [2.75, 3.05) is 43.0 Å². The lowest BCUT2D eigenvalue weighted by Gasteiger charge is -2.11. The van der Waals surface area contributed by atoms with E-state index < -0.39 is 10.0 Å². The third-order valence-corrected chi connectivity index (χ3v) is 4.22. The quantitative estimate of drug-likeness (QED) is 0.596. The summed E-state index contributed by atoms with van der Waals surface area (Å²) < 4.78 is 26.5. The normalized spacial score (nSPS) is 11.2. The summed E-state index contributed by atoms with van der Waals surface area (Å²) >= 11 is 0. The Bertz CT molecular complexity index is 674. The second-order valence-electron chi connectivity index (χ2n) is 5.59. The number of carbonyl (C=O) groups excluding carboxylic acids is 2. The topological polar surface area (TPSA) is 108 Å². The summed E-state index contributed by atoms with van der Waals surface area (Å²) in [6.45, 7) is 2.52. The van der Waals surface area contributed by atoms with Crippen LogP contribution in [0.5, 0.6) is 0 Å². The molecule has 0 atom stereocenters. The molecule has 1 rings (SSSR count). The molecular weight excluding hydrogens is 332 g/mol. The minimum absolute atomic E-state index is 0.117. The van der Waals surface area contributed by atoms with Gasteiger partial charge in [0.25, 0.3) is 0 Å². The van der Waals surface area contributed by atoms with Crippen LogP contribution in [0.15, 0.2) is 24.3 Å². The second-order valence-corrected chi connectivity index (χ2v) is 7.43. The van der Waals surface area contributed by atoms with Crippen LogP contribution in [0.1, 0.15) is 13.3 Å². The fraction of sp³-hybridized carbons (Fsp3) is 0.467. The molecule has 0 bridgehead atoms. The van der Waals surface area contributed by atoms with E-state index in [1.165, 1.54) is 13.0 Å². The molecule has 0 aromatic heterocycles. The van der Waals surface area contributed by atoms with Gasteiger partial charge in [0.1, 0.15) is 0 Å². The van der Waals surface area contributed by atoms with Crippen LogP contribution in [0.3, 0.4) is 0 Å². The molecular formula is C15H24N4O4S. The summed E-state index contributed by atoms with van der Waals surface area (Å²) in [4.78, 5) is 24.6. The largest absolute Gasteiger partial charge is 0.355 e. The summed E-state index contributed by atoms with van der Waals surface area (Å²) in [5.74, 6) is -0.871. The summed E-state index contributed by atoms with van der Waals surface area (Å²) in [7, 11) is 0.119. The SMILES string of the molecule is CC(=O)Nc1cccc(NS(=O)(=O)CCC(=O)NCCN(C)C)c1. The number of benzene rings is 1. The Kier molecular flexibility index (Phi) is 7.66. The molecule has 0 heterocycles. The van der Waals surface area contributed by atoms with Crippen molar-refractivity contribution >= 4 is 33.2 Å². The van der Waals surface area contributed by atoms with Gasteiger partial charge in [0.15, 0.2) is 0 Å². The molecule has 0 unspecified atom stereocenters. The molecule has 0 fully saturated rings. The van der Waals surface area contributed by atoms with Crippen LogP contribution in [0.2, 0.25) is 0 Å². The molecule has 3 N–H and O–H groups in total. The van der Waals surface area contributed by atoms with Gasteiger partial charge >= 0.3 is 0 Å². The Balaban J connectivity index is 2.51. The molecule has 0 spiro atoms. The van der Waals surface area contributed by atoms with E-state index in [9.17, 15) is 18.0 Å². The van der Waals surface area contributed by atoms with Gasteiger partial charge < -0.3 is 15.5 Å². The second kappa shape index (κ2) is 9.24. The van der Waals surface area contributed by atoms with Gasteiger partial charge in [-0.3, -0.25) is 14.3 Å². The van der Waals surface area contributed by atoms with Gasteiger partial charge in [-0.05, 0) is 32.3 Å². The third-order valence-electron chi connectivity index (χ3n) is 2.94. The van der Waals surface area contributed by atoms with E-state index in [2.05, 4.69) is 15.4 Å². The first kappa shape index (κ1) is 19.9. The zero-order valence-corrected chi connectivity index (χ0v) is 14.9. The maximum absolute atomic E-state index is 12.0. The van der Waals surface area contributed by atoms with Gasteiger partial charge in [0.05, 0.1) is 11.4 Å². The fourth-order valence-electron chi connectivity index (χ4n) is 1.83. The van der Waals surface area contributed by atoms with Gasteiger partial charge in [-0.1, -0.05) is 6.07 Å². The molecule has 9 heteroatoms. The van der Waals surface area contributed by atoms with Crippen molar-refractivity contribution in [1.29, 1.82) is 0 Å². The molecule has 0 saturated carbocycles. The number of anilines is 2. The molecule has 8 nitrogen and oxygen atoms in total. The maximum atomic E-state index is 12.0. The van der Waals surface area contributed by atoms with Crippen molar-refractivity contribution in [2.45, 2.75) is 13.3 Å². The molecule has 24 heavy (non-hydrogen) atoms. The predicted molar refractivity (Wildman–Crippen MR) is 94.3 cm³/mol. The highest BCUT2D eigenvalue weighted by molar-refractivity contribution is 7.92. The zero-order valence-electron chi connectivity index (χ0n) is 14.1. The summed E-state index contributed by atoms with van der Waals surface area (Å²) in [5.41, 5.74) is 0.818. The van der Waals surface area contributed by atoms with Gasteiger partial charge in [-0.2, -0.15) is 0 Å². The first-order chi connectivity index (χ1) is 11.2. The maximum Gasteiger partial charge on any atom is 0.233 e. The van der Waals surface area contributed by atoms with Crippen molar-refractivity contribution in [1.82, 2.24) is 10.2 Å². The van der Waals surface area contributed by atoms with E-state index in [1.807, 2.05) is 19.0 Å². The van der Waals surface area contributed by atoms with Gasteiger partial charge in [0, 0.05) is 32.1 Å². The first-order valence-corrected chi connectivity index (χ1v) is 9.13. The van der Waals surface area contributed by atoms with Crippen molar-refractivity contribution in [3.8, 4) is 0 Å². The minimum Gasteiger partial charge on any atom is -0.355 e. The summed E-state index contributed by atoms with van der Waals surface area (Å²) in [6.07, 6.45) is -0.117. The number of rotatable bonds is 9. The number of likely N-dealkylation sites (N-methyl/N-ethyl adjacent to an activating group) is 1. The average Bonchev–Trinajstić information content (AvgIpc) is 2.44. The Morgan fingerprint density at radius 1 is 1.17 bits per heavy atom. The Morgan fingerprint density at radius 2 is 1.83 bits per heavy atom. The number of amides is 2. The number of hydrogen-bond donors (Lipinski definition) is 3. The fourth-order valence-corrected chi connectivity index (χ4v) is 2.87. The Morgan fingerprint density at radius 3 is 2.46 bits per heavy atom. The van der Waals surface area contributed by atoms with Crippen molar-refractivity contribution < 1.29 is 18.0 Å². The van der Waals surface area contributed by atoms with Crippen LogP contribution in [0.25, 0.3) is 0 Å². The molecule has 0 aliphatic rings. The van der Waals surface area contributed by atoms with E-state index in [0.29, 0.717) is 24.5 Å². The molecule has 0 radical (unpaired) electrons. The number of nitrogens with one attached hydrogen (secondary N) is 3. The highest BCUT2D eigenvalue weighted by Crippen LogP contribution is 2.16. The molecule has 2 amide bonds. The van der Waals surface area contributed by atoms with Gasteiger partial charge in [0.2, 0.25) is 21.8 Å². The standard InChI is InChI=1S/C15H24N4O4S/c1-12(20)17-13-5-4-6-14(11-13)18-24(22,23)10-7-15(21)16-8-9-19(2)3/h4-6,11,18H,7-10H2,1-3H3,(H,16,21)(H,17,20). The van der Waals surface area contributed by atoms with Crippen molar-refractivity contribution in [3.63, 3.8) is 0 Å². The van der Waals surface area contributed by atoms with Crippen LogP contribution in [-0.4, -0.2) is 58.1 Å². The van der Waals surface area contributed by atoms with E-state index in [1.54, 1.807) is 18.2 Å². The molecule has 134 valence electrons. The Hall–Kier alpha value is -2.13. The number of nitrogens with zero attached hydrogens (tertiary/aromatic N) is 1. The predicted octanol–water partition coefficient (Wildman–Crippen LogP) is 0.455. The van der Waals surface area contributed by atoms with Gasteiger partial charge in [-0.25, -0.2) is 8.42 Å². The summed E-state index contributed by atoms with van der Waals surface area (Å²) in [5, 5.41) is 5.23. The number of carbonyl (C=O) groups is 2. The highest BCUT2D eigenvalue weighted by atomic mass is 32.2. The lowest BCUT2D eigenvalue weighted by molar-refractivity contribution is -0.120. The lowest BCUT2D eigenvalue weighted by Crippen LogP contribution is -2.32. The Labute approximate surface area is 142 Å². The smallest absolute Gasteiger partial charge is 0.233 e. The molecule has 1 aromatic rings. The summed E-state index contributed by atoms with van der Waals surface area (Å²) in [6, 6.07) is 6.35. The van der Waals surface area contributed by atoms with E-state index in [4.69, 9.17) is 0 Å². The minimum atomic E-state index is -3.65. The number of hydrogen-bond acceptors (Lipinski definition) is 5. The van der Waals surface area contributed by atoms with Crippen LogP contribution < -0.4 is 15.4 Å². The van der Waals surface area contributed by atoms with Crippen LogP contribution in [0.4, 0.5) is 11.4 Å². The van der Waals surface area contributed by atoms with Crippen LogP contribution in [-0.2, 0) is 19.6 Å². The monoisotopic (exact) mass is 356 g/mol. The van der Waals surface area contributed by atoms with Gasteiger partial charge in [-0.15, -0.1) is 0 Å². The molecule has 1 aromatic carbocycles. The highest BCUT2D eigenvalue weighted by Gasteiger charge is 2.13. The van der Waals surface area contributed by atoms with Crippen molar-refractivity contribution in [3.05, 3.63) is 24.3 Å². The molecule has 0 aliphatic heterocycles. The first-order valence-electron chi connectivity index (χ1n) is 7.47. The number of sulfonamides is 1. The van der Waals surface area contributed by atoms with E-state index in [0.717, 1.165) is 0 Å². The third kappa shape index (κ3) is 8.49. The molecule has 0 saturated heterocycles. The zero-order chi connectivity index (χ0) is 18.2. The van der Waals surface area contributed by atoms with E-state index >= 15 is 0 Å². The average molecular weight is 356 g/mol.